The number of benzene rings is 1. The van der Waals surface area contributed by atoms with Crippen LogP contribution in [-0.4, -0.2) is 26.6 Å². The van der Waals surface area contributed by atoms with Gasteiger partial charge in [-0.15, -0.1) is 6.58 Å². The summed E-state index contributed by atoms with van der Waals surface area (Å²) in [5.41, 5.74) is 0.340. The van der Waals surface area contributed by atoms with E-state index in [2.05, 4.69) is 6.58 Å². The number of para-hydroxylation sites is 1. The Morgan fingerprint density at radius 3 is 2.80 bits per heavy atom. The van der Waals surface area contributed by atoms with Gasteiger partial charge in [0.15, 0.2) is 0 Å². The molecule has 0 unspecified atom stereocenters. The summed E-state index contributed by atoms with van der Waals surface area (Å²) >= 11 is 6.36. The molecule has 8 heteroatoms. The number of amides is 1. The van der Waals surface area contributed by atoms with Crippen LogP contribution in [0.4, 0.5) is 5.69 Å². The average Bonchev–Trinajstić information content (AvgIpc) is 3.16. The highest BCUT2D eigenvalue weighted by atomic mass is 32.2. The number of nitro benzene ring substituents is 1. The van der Waals surface area contributed by atoms with Crippen LogP contribution in [0.25, 0.3) is 17.4 Å². The maximum absolute atomic E-state index is 12.3. The minimum Gasteiger partial charge on any atom is -0.456 e. The Balaban J connectivity index is 1.91. The minimum absolute atomic E-state index is 0.0410. The lowest BCUT2D eigenvalue weighted by atomic mass is 10.1. The number of carbonyl (C=O) groups excluding carboxylic acids is 1. The lowest BCUT2D eigenvalue weighted by molar-refractivity contribution is -0.384. The summed E-state index contributed by atoms with van der Waals surface area (Å²) in [6, 6.07) is 9.62. The topological polar surface area (TPSA) is 76.6 Å². The van der Waals surface area contributed by atoms with Crippen LogP contribution in [0.3, 0.4) is 0 Å². The number of hydrogen-bond acceptors (Lipinski definition) is 6. The highest BCUT2D eigenvalue weighted by Gasteiger charge is 2.31. The standard InChI is InChI=1S/C17H12N2O4S2/c1-2-9-18-16(20)15(25-17(18)24)10-11-7-8-14(23-11)12-5-3-4-6-13(12)19(21)22/h2-8,10H,1,9H2/b15-10+. The quantitative estimate of drug-likeness (QED) is 0.257. The third-order valence-electron chi connectivity index (χ3n) is 3.45. The molecule has 0 spiro atoms. The molecule has 1 amide bonds. The first-order valence-corrected chi connectivity index (χ1v) is 8.43. The number of hydrogen-bond donors (Lipinski definition) is 0. The van der Waals surface area contributed by atoms with Gasteiger partial charge in [-0.2, -0.15) is 0 Å². The van der Waals surface area contributed by atoms with Gasteiger partial charge in [-0.05, 0) is 18.2 Å². The molecule has 25 heavy (non-hydrogen) atoms. The van der Waals surface area contributed by atoms with Crippen molar-refractivity contribution in [3.8, 4) is 11.3 Å². The van der Waals surface area contributed by atoms with Gasteiger partial charge in [0.25, 0.3) is 11.6 Å². The first-order chi connectivity index (χ1) is 12.0. The van der Waals surface area contributed by atoms with Crippen molar-refractivity contribution >= 4 is 46.0 Å². The van der Waals surface area contributed by atoms with Crippen LogP contribution in [0.2, 0.25) is 0 Å². The molecule has 1 aromatic carbocycles. The van der Waals surface area contributed by atoms with Gasteiger partial charge < -0.3 is 4.42 Å². The molecule has 6 nitrogen and oxygen atoms in total. The molecule has 1 aliphatic heterocycles. The minimum atomic E-state index is -0.460. The second kappa shape index (κ2) is 7.04. The number of carbonyl (C=O) groups is 1. The van der Waals surface area contributed by atoms with Crippen LogP contribution in [0.5, 0.6) is 0 Å². The second-order valence-corrected chi connectivity index (χ2v) is 6.73. The lowest BCUT2D eigenvalue weighted by Gasteiger charge is -2.10. The van der Waals surface area contributed by atoms with E-state index in [1.807, 2.05) is 0 Å². The predicted molar refractivity (Wildman–Crippen MR) is 101 cm³/mol. The second-order valence-electron chi connectivity index (χ2n) is 5.06. The molecule has 1 fully saturated rings. The number of thioether (sulfide) groups is 1. The number of thiocarbonyl (C=S) groups is 1. The third kappa shape index (κ3) is 3.40. The summed E-state index contributed by atoms with van der Waals surface area (Å²) in [4.78, 5) is 24.9. The van der Waals surface area contributed by atoms with E-state index in [0.29, 0.717) is 32.9 Å². The highest BCUT2D eigenvalue weighted by Crippen LogP contribution is 2.35. The van der Waals surface area contributed by atoms with Crippen molar-refractivity contribution in [1.82, 2.24) is 4.90 Å². The Labute approximate surface area is 153 Å². The molecule has 1 aliphatic rings. The summed E-state index contributed by atoms with van der Waals surface area (Å²) in [6.07, 6.45) is 3.19. The number of nitrogens with zero attached hydrogens (tertiary/aromatic N) is 2. The fourth-order valence-corrected chi connectivity index (χ4v) is 3.59. The Morgan fingerprint density at radius 1 is 1.32 bits per heavy atom. The summed E-state index contributed by atoms with van der Waals surface area (Å²) in [5.74, 6) is 0.575. The van der Waals surface area contributed by atoms with Crippen LogP contribution in [0.1, 0.15) is 5.76 Å². The highest BCUT2D eigenvalue weighted by molar-refractivity contribution is 8.26. The van der Waals surface area contributed by atoms with E-state index in [0.717, 1.165) is 0 Å². The van der Waals surface area contributed by atoms with Gasteiger partial charge >= 0.3 is 0 Å². The van der Waals surface area contributed by atoms with E-state index in [1.54, 1.807) is 42.5 Å². The van der Waals surface area contributed by atoms with Gasteiger partial charge in [0.2, 0.25) is 0 Å². The first-order valence-electron chi connectivity index (χ1n) is 7.21. The molecule has 3 rings (SSSR count). The van der Waals surface area contributed by atoms with E-state index in [9.17, 15) is 14.9 Å². The third-order valence-corrected chi connectivity index (χ3v) is 4.83. The predicted octanol–water partition coefficient (Wildman–Crippen LogP) is 4.24. The molecule has 0 atom stereocenters. The lowest BCUT2D eigenvalue weighted by Crippen LogP contribution is -2.27. The fourth-order valence-electron chi connectivity index (χ4n) is 2.33. The van der Waals surface area contributed by atoms with E-state index in [-0.39, 0.29) is 11.6 Å². The maximum atomic E-state index is 12.3. The van der Waals surface area contributed by atoms with Gasteiger partial charge in [-0.3, -0.25) is 19.8 Å². The summed E-state index contributed by atoms with van der Waals surface area (Å²) < 4.78 is 6.13. The van der Waals surface area contributed by atoms with Crippen molar-refractivity contribution in [3.63, 3.8) is 0 Å². The van der Waals surface area contributed by atoms with Crippen molar-refractivity contribution in [1.29, 1.82) is 0 Å². The molecule has 2 aromatic rings. The van der Waals surface area contributed by atoms with E-state index >= 15 is 0 Å². The van der Waals surface area contributed by atoms with E-state index in [4.69, 9.17) is 16.6 Å². The molecule has 1 aromatic heterocycles. The Kier molecular flexibility index (Phi) is 4.82. The number of rotatable bonds is 5. The Morgan fingerprint density at radius 2 is 2.08 bits per heavy atom. The Bertz CT molecular complexity index is 917. The largest absolute Gasteiger partial charge is 0.456 e. The molecule has 0 N–H and O–H groups in total. The molecular weight excluding hydrogens is 360 g/mol. The van der Waals surface area contributed by atoms with Gasteiger partial charge in [0.05, 0.1) is 15.4 Å². The number of nitro groups is 1. The van der Waals surface area contributed by atoms with Gasteiger partial charge in [-0.25, -0.2) is 0 Å². The van der Waals surface area contributed by atoms with Crippen LogP contribution in [0.15, 0.2) is 58.4 Å². The van der Waals surface area contributed by atoms with Crippen molar-refractivity contribution in [2.75, 3.05) is 6.54 Å². The summed E-state index contributed by atoms with van der Waals surface area (Å²) in [7, 11) is 0. The molecule has 1 saturated heterocycles. The van der Waals surface area contributed by atoms with Gasteiger partial charge in [-0.1, -0.05) is 42.2 Å². The van der Waals surface area contributed by atoms with Crippen LogP contribution in [-0.2, 0) is 4.79 Å². The molecule has 0 aliphatic carbocycles. The van der Waals surface area contributed by atoms with Crippen molar-refractivity contribution < 1.29 is 14.1 Å². The molecule has 0 bridgehead atoms. The monoisotopic (exact) mass is 372 g/mol. The number of furan rings is 1. The van der Waals surface area contributed by atoms with Crippen molar-refractivity contribution in [2.45, 2.75) is 0 Å². The SMILES string of the molecule is C=CCN1C(=O)/C(=C\c2ccc(-c3ccccc3[N+](=O)[O-])o2)SC1=S. The molecule has 2 heterocycles. The zero-order valence-corrected chi connectivity index (χ0v) is 14.5. The van der Waals surface area contributed by atoms with Crippen LogP contribution in [0, 0.1) is 10.1 Å². The van der Waals surface area contributed by atoms with Gasteiger partial charge in [0, 0.05) is 18.7 Å². The van der Waals surface area contributed by atoms with E-state index < -0.39 is 4.92 Å². The summed E-state index contributed by atoms with van der Waals surface area (Å²) in [6.45, 7) is 3.95. The smallest absolute Gasteiger partial charge is 0.280 e. The zero-order valence-electron chi connectivity index (χ0n) is 12.9. The fraction of sp³-hybridized carbons (Fsp3) is 0.0588. The first kappa shape index (κ1) is 17.1. The van der Waals surface area contributed by atoms with Crippen LogP contribution >= 0.6 is 24.0 Å². The zero-order chi connectivity index (χ0) is 18.0. The molecule has 0 radical (unpaired) electrons. The van der Waals surface area contributed by atoms with Gasteiger partial charge in [0.1, 0.15) is 15.8 Å². The molecule has 0 saturated carbocycles. The Hall–Kier alpha value is -2.71. The average molecular weight is 372 g/mol. The van der Waals surface area contributed by atoms with Crippen molar-refractivity contribution in [2.24, 2.45) is 0 Å². The normalized spacial score (nSPS) is 15.8. The maximum Gasteiger partial charge on any atom is 0.280 e. The van der Waals surface area contributed by atoms with Crippen LogP contribution < -0.4 is 0 Å². The molecule has 126 valence electrons. The van der Waals surface area contributed by atoms with Crippen molar-refractivity contribution in [3.05, 3.63) is 69.8 Å². The summed E-state index contributed by atoms with van der Waals surface area (Å²) in [5, 5.41) is 11.1. The van der Waals surface area contributed by atoms with E-state index in [1.165, 1.54) is 22.7 Å². The molecular formula is C17H12N2O4S2.